The molecule has 3 rings (SSSR count). The third-order valence-corrected chi connectivity index (χ3v) is 7.75. The largest absolute Gasteiger partial charge is 0.524 e. The van der Waals surface area contributed by atoms with Crippen LogP contribution in [0.25, 0.3) is 0 Å². The Morgan fingerprint density at radius 3 is 2.47 bits per heavy atom. The van der Waals surface area contributed by atoms with E-state index in [4.69, 9.17) is 21.4 Å². The van der Waals surface area contributed by atoms with E-state index in [-0.39, 0.29) is 26.9 Å². The molecule has 2 aromatic rings. The van der Waals surface area contributed by atoms with Crippen molar-refractivity contribution in [2.75, 3.05) is 5.32 Å². The number of halogens is 1. The number of benzene rings is 2. The zero-order valence-corrected chi connectivity index (χ0v) is 18.3. The first-order valence-electron chi connectivity index (χ1n) is 9.26. The summed E-state index contributed by atoms with van der Waals surface area (Å²) in [6, 6.07) is 9.52. The summed E-state index contributed by atoms with van der Waals surface area (Å²) in [5.41, 5.74) is 0.0188. The number of rotatable bonds is 6. The van der Waals surface area contributed by atoms with Gasteiger partial charge in [-0.3, -0.25) is 14.6 Å². The summed E-state index contributed by atoms with van der Waals surface area (Å²) in [5, 5.41) is 2.21. The molecule has 1 fully saturated rings. The van der Waals surface area contributed by atoms with Crippen molar-refractivity contribution < 1.29 is 32.1 Å². The zero-order valence-electron chi connectivity index (χ0n) is 15.8. The Morgan fingerprint density at radius 1 is 1.10 bits per heavy atom. The molecule has 162 valence electrons. The molecule has 1 aliphatic rings. The van der Waals surface area contributed by atoms with Gasteiger partial charge >= 0.3 is 7.82 Å². The Morgan fingerprint density at radius 2 is 1.80 bits per heavy atom. The molecule has 0 unspecified atom stereocenters. The number of phosphoric acid groups is 1. The number of phosphoric ester groups is 1. The van der Waals surface area contributed by atoms with Gasteiger partial charge in [-0.15, -0.1) is 0 Å². The standard InChI is InChI=1S/C19H21ClNO7PS/c20-14-9-10-18(28-29(23,24)25)17(12-14)21-19(22)13-5-4-8-16(11-13)30(26,27)15-6-2-1-3-7-15/h4-5,8-12,15H,1-3,6-7H2,(H,21,22)(H2,23,24,25). The van der Waals surface area contributed by atoms with E-state index < -0.39 is 28.8 Å². The van der Waals surface area contributed by atoms with Crippen molar-refractivity contribution in [1.29, 1.82) is 0 Å². The molecule has 0 atom stereocenters. The Hall–Kier alpha value is -1.90. The summed E-state index contributed by atoms with van der Waals surface area (Å²) < 4.78 is 41.6. The quantitative estimate of drug-likeness (QED) is 0.537. The summed E-state index contributed by atoms with van der Waals surface area (Å²) in [6.07, 6.45) is 3.95. The molecular weight excluding hydrogens is 453 g/mol. The number of carbonyl (C=O) groups is 1. The molecule has 2 aromatic carbocycles. The Kier molecular flexibility index (Phi) is 6.89. The van der Waals surface area contributed by atoms with Gasteiger partial charge < -0.3 is 9.84 Å². The average molecular weight is 474 g/mol. The van der Waals surface area contributed by atoms with Crippen LogP contribution in [0, 0.1) is 0 Å². The maximum atomic E-state index is 12.9. The minimum Gasteiger partial charge on any atom is -0.402 e. The molecule has 1 saturated carbocycles. The summed E-state index contributed by atoms with van der Waals surface area (Å²) in [6.45, 7) is 0. The number of hydrogen-bond acceptors (Lipinski definition) is 5. The fraction of sp³-hybridized carbons (Fsp3) is 0.316. The molecule has 1 amide bonds. The van der Waals surface area contributed by atoms with Crippen molar-refractivity contribution in [1.82, 2.24) is 0 Å². The summed E-state index contributed by atoms with van der Waals surface area (Å²) in [4.78, 5) is 30.9. The molecule has 0 spiro atoms. The number of hydrogen-bond donors (Lipinski definition) is 3. The number of sulfone groups is 1. The first kappa shape index (κ1) is 22.8. The lowest BCUT2D eigenvalue weighted by atomic mass is 10.0. The van der Waals surface area contributed by atoms with Crippen molar-refractivity contribution >= 4 is 40.9 Å². The number of anilines is 1. The molecule has 0 aliphatic heterocycles. The zero-order chi connectivity index (χ0) is 21.9. The normalized spacial score (nSPS) is 15.6. The Bertz CT molecular complexity index is 1090. The minimum absolute atomic E-state index is 0.0589. The van der Waals surface area contributed by atoms with Gasteiger partial charge in [-0.2, -0.15) is 0 Å². The van der Waals surface area contributed by atoms with Gasteiger partial charge in [-0.25, -0.2) is 13.0 Å². The van der Waals surface area contributed by atoms with Gasteiger partial charge in [0, 0.05) is 10.6 Å². The van der Waals surface area contributed by atoms with Crippen LogP contribution in [0.4, 0.5) is 5.69 Å². The third-order valence-electron chi connectivity index (χ3n) is 4.82. The van der Waals surface area contributed by atoms with Gasteiger partial charge in [-0.05, 0) is 49.2 Å². The van der Waals surface area contributed by atoms with Crippen molar-refractivity contribution in [2.45, 2.75) is 42.2 Å². The SMILES string of the molecule is O=C(Nc1cc(Cl)ccc1OP(=O)(O)O)c1cccc(S(=O)(=O)C2CCCCC2)c1. The number of amides is 1. The van der Waals surface area contributed by atoms with Crippen LogP contribution >= 0.6 is 19.4 Å². The smallest absolute Gasteiger partial charge is 0.402 e. The molecule has 0 radical (unpaired) electrons. The third kappa shape index (κ3) is 5.62. The van der Waals surface area contributed by atoms with E-state index in [0.717, 1.165) is 19.3 Å². The highest BCUT2D eigenvalue weighted by Gasteiger charge is 2.29. The van der Waals surface area contributed by atoms with Gasteiger partial charge in [0.15, 0.2) is 15.6 Å². The van der Waals surface area contributed by atoms with Crippen molar-refractivity contribution in [3.63, 3.8) is 0 Å². The van der Waals surface area contributed by atoms with E-state index >= 15 is 0 Å². The molecule has 1 aliphatic carbocycles. The van der Waals surface area contributed by atoms with Crippen molar-refractivity contribution in [3.05, 3.63) is 53.1 Å². The molecule has 0 aromatic heterocycles. The van der Waals surface area contributed by atoms with Gasteiger partial charge in [0.2, 0.25) is 0 Å². The maximum absolute atomic E-state index is 12.9. The fourth-order valence-corrected chi connectivity index (χ4v) is 5.87. The van der Waals surface area contributed by atoms with Gasteiger partial charge in [0.05, 0.1) is 15.8 Å². The highest BCUT2D eigenvalue weighted by atomic mass is 35.5. The summed E-state index contributed by atoms with van der Waals surface area (Å²) in [5.74, 6) is -0.944. The Labute approximate surface area is 179 Å². The van der Waals surface area contributed by atoms with Gasteiger partial charge in [0.1, 0.15) is 0 Å². The van der Waals surface area contributed by atoms with Crippen LogP contribution in [0.3, 0.4) is 0 Å². The van der Waals surface area contributed by atoms with Crippen LogP contribution in [0.2, 0.25) is 5.02 Å². The average Bonchev–Trinajstić information content (AvgIpc) is 2.70. The maximum Gasteiger partial charge on any atom is 0.524 e. The van der Waals surface area contributed by atoms with E-state index in [2.05, 4.69) is 9.84 Å². The lowest BCUT2D eigenvalue weighted by Crippen LogP contribution is -2.24. The van der Waals surface area contributed by atoms with Crippen LogP contribution in [0.15, 0.2) is 47.4 Å². The molecule has 8 nitrogen and oxygen atoms in total. The molecule has 0 bridgehead atoms. The van der Waals surface area contributed by atoms with E-state index in [9.17, 15) is 17.8 Å². The van der Waals surface area contributed by atoms with Crippen LogP contribution in [-0.4, -0.2) is 29.4 Å². The number of nitrogens with one attached hydrogen (secondary N) is 1. The second-order valence-corrected chi connectivity index (χ2v) is 10.8. The van der Waals surface area contributed by atoms with Crippen molar-refractivity contribution in [3.8, 4) is 5.75 Å². The van der Waals surface area contributed by atoms with E-state index in [0.29, 0.717) is 12.8 Å². The Balaban J connectivity index is 1.86. The predicted octanol–water partition coefficient (Wildman–Crippen LogP) is 4.17. The second-order valence-electron chi connectivity index (χ2n) is 7.01. The predicted molar refractivity (Wildman–Crippen MR) is 113 cm³/mol. The van der Waals surface area contributed by atoms with Gasteiger partial charge in [-0.1, -0.05) is 36.9 Å². The molecule has 11 heteroatoms. The lowest BCUT2D eigenvalue weighted by Gasteiger charge is -2.22. The first-order chi connectivity index (χ1) is 14.1. The van der Waals surface area contributed by atoms with Crippen LogP contribution < -0.4 is 9.84 Å². The fourth-order valence-electron chi connectivity index (χ4n) is 3.38. The van der Waals surface area contributed by atoms with Crippen LogP contribution in [0.5, 0.6) is 5.75 Å². The van der Waals surface area contributed by atoms with E-state index in [1.807, 2.05) is 0 Å². The summed E-state index contributed by atoms with van der Waals surface area (Å²) in [7, 11) is -8.42. The van der Waals surface area contributed by atoms with Gasteiger partial charge in [0.25, 0.3) is 5.91 Å². The second kappa shape index (κ2) is 9.08. The highest BCUT2D eigenvalue weighted by molar-refractivity contribution is 7.92. The molecule has 0 saturated heterocycles. The molecule has 3 N–H and O–H groups in total. The first-order valence-corrected chi connectivity index (χ1v) is 12.7. The highest BCUT2D eigenvalue weighted by Crippen LogP contribution is 2.42. The molecule has 30 heavy (non-hydrogen) atoms. The molecule has 0 heterocycles. The minimum atomic E-state index is -4.86. The monoisotopic (exact) mass is 473 g/mol. The molecular formula is C19H21ClNO7PS. The van der Waals surface area contributed by atoms with E-state index in [1.165, 1.54) is 42.5 Å². The topological polar surface area (TPSA) is 130 Å². The van der Waals surface area contributed by atoms with Crippen molar-refractivity contribution in [2.24, 2.45) is 0 Å². The summed E-state index contributed by atoms with van der Waals surface area (Å²) >= 11 is 5.91. The lowest BCUT2D eigenvalue weighted by molar-refractivity contribution is 0.102. The van der Waals surface area contributed by atoms with Crippen LogP contribution in [-0.2, 0) is 14.4 Å². The van der Waals surface area contributed by atoms with Crippen LogP contribution in [0.1, 0.15) is 42.5 Å². The number of carbonyl (C=O) groups excluding carboxylic acids is 1. The van der Waals surface area contributed by atoms with E-state index in [1.54, 1.807) is 0 Å².